The molecule has 0 aliphatic heterocycles. The molecule has 1 aromatic rings. The molecule has 1 amide bonds. The number of carboxylic acid groups (broad SMARTS) is 1. The SMILES string of the molecule is COc1cc(/C=C/C(=O)N[C@@H](C)C(=O)O)ccc1OC(F)F. The predicted octanol–water partition coefficient (Wildman–Crippen LogP) is 1.90. The second kappa shape index (κ2) is 7.96. The number of ether oxygens (including phenoxy) is 2. The number of benzene rings is 1. The fraction of sp³-hybridized carbons (Fsp3) is 0.286. The Labute approximate surface area is 125 Å². The molecule has 0 aromatic heterocycles. The number of carbonyl (C=O) groups excluding carboxylic acids is 1. The number of rotatable bonds is 7. The Balaban J connectivity index is 2.79. The van der Waals surface area contributed by atoms with Gasteiger partial charge in [0.15, 0.2) is 11.5 Å². The van der Waals surface area contributed by atoms with Crippen LogP contribution in [0.4, 0.5) is 8.78 Å². The number of nitrogens with one attached hydrogen (secondary N) is 1. The first-order valence-electron chi connectivity index (χ1n) is 6.17. The number of methoxy groups -OCH3 is 1. The van der Waals surface area contributed by atoms with Gasteiger partial charge in [0.05, 0.1) is 7.11 Å². The summed E-state index contributed by atoms with van der Waals surface area (Å²) >= 11 is 0. The molecule has 0 aliphatic rings. The van der Waals surface area contributed by atoms with Crippen molar-refractivity contribution in [2.45, 2.75) is 19.6 Å². The molecule has 0 spiro atoms. The van der Waals surface area contributed by atoms with Gasteiger partial charge in [-0.25, -0.2) is 0 Å². The van der Waals surface area contributed by atoms with Gasteiger partial charge < -0.3 is 19.9 Å². The van der Waals surface area contributed by atoms with Gasteiger partial charge in [-0.2, -0.15) is 8.78 Å². The molecular weight excluding hydrogens is 300 g/mol. The zero-order valence-electron chi connectivity index (χ0n) is 11.9. The van der Waals surface area contributed by atoms with Crippen LogP contribution >= 0.6 is 0 Å². The number of aliphatic carboxylic acids is 1. The number of alkyl halides is 2. The van der Waals surface area contributed by atoms with Crippen LogP contribution in [0.3, 0.4) is 0 Å². The first-order chi connectivity index (χ1) is 10.3. The van der Waals surface area contributed by atoms with Gasteiger partial charge in [-0.15, -0.1) is 0 Å². The maximum atomic E-state index is 12.2. The van der Waals surface area contributed by atoms with Gasteiger partial charge in [-0.3, -0.25) is 9.59 Å². The number of hydrogen-bond donors (Lipinski definition) is 2. The monoisotopic (exact) mass is 315 g/mol. The standard InChI is InChI=1S/C14H15F2NO5/c1-8(13(19)20)17-12(18)6-4-9-3-5-10(22-14(15)16)11(7-9)21-2/h3-8,14H,1-2H3,(H,17,18)(H,19,20)/b6-4+/t8-/m0/s1. The molecule has 1 atom stereocenters. The summed E-state index contributed by atoms with van der Waals surface area (Å²) < 4.78 is 33.6. The van der Waals surface area contributed by atoms with Crippen LogP contribution in [-0.2, 0) is 9.59 Å². The summed E-state index contributed by atoms with van der Waals surface area (Å²) in [5.41, 5.74) is 0.497. The molecule has 0 aliphatic carbocycles. The lowest BCUT2D eigenvalue weighted by atomic mass is 10.2. The van der Waals surface area contributed by atoms with Crippen LogP contribution in [0.15, 0.2) is 24.3 Å². The molecule has 1 aromatic carbocycles. The van der Waals surface area contributed by atoms with E-state index in [-0.39, 0.29) is 11.5 Å². The van der Waals surface area contributed by atoms with Crippen molar-refractivity contribution in [2.75, 3.05) is 7.11 Å². The number of halogens is 2. The highest BCUT2D eigenvalue weighted by molar-refractivity contribution is 5.94. The van der Waals surface area contributed by atoms with Crippen LogP contribution in [0, 0.1) is 0 Å². The van der Waals surface area contributed by atoms with Crippen LogP contribution in [0.1, 0.15) is 12.5 Å². The highest BCUT2D eigenvalue weighted by Crippen LogP contribution is 2.29. The molecule has 0 unspecified atom stereocenters. The van der Waals surface area contributed by atoms with Gasteiger partial charge >= 0.3 is 12.6 Å². The van der Waals surface area contributed by atoms with Gasteiger partial charge in [0, 0.05) is 6.08 Å². The third-order valence-electron chi connectivity index (χ3n) is 2.56. The Kier molecular flexibility index (Phi) is 6.30. The topological polar surface area (TPSA) is 84.9 Å². The van der Waals surface area contributed by atoms with E-state index in [1.165, 1.54) is 38.3 Å². The summed E-state index contributed by atoms with van der Waals surface area (Å²) in [5.74, 6) is -1.79. The van der Waals surface area contributed by atoms with Crippen molar-refractivity contribution in [2.24, 2.45) is 0 Å². The van der Waals surface area contributed by atoms with E-state index in [9.17, 15) is 18.4 Å². The van der Waals surface area contributed by atoms with Crippen molar-refractivity contribution < 1.29 is 33.0 Å². The molecule has 120 valence electrons. The Morgan fingerprint density at radius 2 is 2.00 bits per heavy atom. The van der Waals surface area contributed by atoms with Gasteiger partial charge in [-0.05, 0) is 30.7 Å². The molecular formula is C14H15F2NO5. The average molecular weight is 315 g/mol. The maximum absolute atomic E-state index is 12.2. The van der Waals surface area contributed by atoms with Crippen LogP contribution in [0.25, 0.3) is 6.08 Å². The minimum absolute atomic E-state index is 0.0850. The maximum Gasteiger partial charge on any atom is 0.387 e. The van der Waals surface area contributed by atoms with Crippen LogP contribution in [-0.4, -0.2) is 36.7 Å². The minimum atomic E-state index is -2.97. The summed E-state index contributed by atoms with van der Waals surface area (Å²) in [6.45, 7) is -1.65. The lowest BCUT2D eigenvalue weighted by molar-refractivity contribution is -0.140. The van der Waals surface area contributed by atoms with Gasteiger partial charge in [0.2, 0.25) is 5.91 Å². The fourth-order valence-corrected chi connectivity index (χ4v) is 1.48. The molecule has 6 nitrogen and oxygen atoms in total. The lowest BCUT2D eigenvalue weighted by Gasteiger charge is -2.10. The quantitative estimate of drug-likeness (QED) is 0.751. The smallest absolute Gasteiger partial charge is 0.387 e. The molecule has 1 rings (SSSR count). The van der Waals surface area contributed by atoms with E-state index in [0.717, 1.165) is 6.08 Å². The third-order valence-corrected chi connectivity index (χ3v) is 2.56. The van der Waals surface area contributed by atoms with Gasteiger partial charge in [0.25, 0.3) is 0 Å². The molecule has 0 radical (unpaired) electrons. The van der Waals surface area contributed by atoms with Crippen molar-refractivity contribution in [3.8, 4) is 11.5 Å². The van der Waals surface area contributed by atoms with Crippen LogP contribution in [0.5, 0.6) is 11.5 Å². The number of amides is 1. The number of carboxylic acids is 1. The van der Waals surface area contributed by atoms with Gasteiger partial charge in [0.1, 0.15) is 6.04 Å². The summed E-state index contributed by atoms with van der Waals surface area (Å²) in [6, 6.07) is 3.11. The first kappa shape index (κ1) is 17.4. The van der Waals surface area contributed by atoms with E-state index in [1.807, 2.05) is 0 Å². The minimum Gasteiger partial charge on any atom is -0.493 e. The van der Waals surface area contributed by atoms with E-state index in [1.54, 1.807) is 0 Å². The number of hydrogen-bond acceptors (Lipinski definition) is 4. The molecule has 0 heterocycles. The zero-order chi connectivity index (χ0) is 16.7. The second-order valence-corrected chi connectivity index (χ2v) is 4.19. The Morgan fingerprint density at radius 3 is 2.55 bits per heavy atom. The Hall–Kier alpha value is -2.64. The van der Waals surface area contributed by atoms with Crippen molar-refractivity contribution in [1.82, 2.24) is 5.32 Å². The largest absolute Gasteiger partial charge is 0.493 e. The predicted molar refractivity (Wildman–Crippen MR) is 73.9 cm³/mol. The molecule has 0 saturated heterocycles. The van der Waals surface area contributed by atoms with Crippen LogP contribution < -0.4 is 14.8 Å². The summed E-state index contributed by atoms with van der Waals surface area (Å²) in [6.07, 6.45) is 2.51. The highest BCUT2D eigenvalue weighted by Gasteiger charge is 2.12. The van der Waals surface area contributed by atoms with Crippen molar-refractivity contribution >= 4 is 18.0 Å². The van der Waals surface area contributed by atoms with Crippen molar-refractivity contribution in [3.63, 3.8) is 0 Å². The zero-order valence-corrected chi connectivity index (χ0v) is 11.9. The van der Waals surface area contributed by atoms with Crippen molar-refractivity contribution in [3.05, 3.63) is 29.8 Å². The van der Waals surface area contributed by atoms with E-state index in [2.05, 4.69) is 10.1 Å². The molecule has 0 fully saturated rings. The highest BCUT2D eigenvalue weighted by atomic mass is 19.3. The average Bonchev–Trinajstić information content (AvgIpc) is 2.45. The second-order valence-electron chi connectivity index (χ2n) is 4.19. The first-order valence-corrected chi connectivity index (χ1v) is 6.17. The molecule has 22 heavy (non-hydrogen) atoms. The molecule has 0 bridgehead atoms. The molecule has 0 saturated carbocycles. The van der Waals surface area contributed by atoms with E-state index >= 15 is 0 Å². The van der Waals surface area contributed by atoms with E-state index < -0.39 is 24.5 Å². The van der Waals surface area contributed by atoms with E-state index in [4.69, 9.17) is 9.84 Å². The molecule has 2 N–H and O–H groups in total. The molecule has 8 heteroatoms. The van der Waals surface area contributed by atoms with Crippen LogP contribution in [0.2, 0.25) is 0 Å². The summed E-state index contributed by atoms with van der Waals surface area (Å²) in [7, 11) is 1.29. The Bertz CT molecular complexity index is 574. The normalized spacial score (nSPS) is 12.2. The fourth-order valence-electron chi connectivity index (χ4n) is 1.48. The number of carbonyl (C=O) groups is 2. The Morgan fingerprint density at radius 1 is 1.32 bits per heavy atom. The van der Waals surface area contributed by atoms with Crippen molar-refractivity contribution in [1.29, 1.82) is 0 Å². The van der Waals surface area contributed by atoms with Gasteiger partial charge in [-0.1, -0.05) is 6.07 Å². The third kappa shape index (κ3) is 5.39. The summed E-state index contributed by atoms with van der Waals surface area (Å²) in [5, 5.41) is 10.9. The lowest BCUT2D eigenvalue weighted by Crippen LogP contribution is -2.37. The summed E-state index contributed by atoms with van der Waals surface area (Å²) in [4.78, 5) is 22.1. The van der Waals surface area contributed by atoms with E-state index in [0.29, 0.717) is 5.56 Å².